The summed E-state index contributed by atoms with van der Waals surface area (Å²) < 4.78 is 28.4. The number of unbranched alkanes of at least 4 members (excludes halogenated alkanes) is 1. The summed E-state index contributed by atoms with van der Waals surface area (Å²) in [6.45, 7) is 3.45. The van der Waals surface area contributed by atoms with Crippen molar-refractivity contribution in [1.82, 2.24) is 8.61 Å². The van der Waals surface area contributed by atoms with Crippen molar-refractivity contribution in [3.63, 3.8) is 0 Å². The van der Waals surface area contributed by atoms with Crippen LogP contribution in [0.25, 0.3) is 0 Å². The molecule has 1 N–H and O–H groups in total. The van der Waals surface area contributed by atoms with Crippen LogP contribution in [0.1, 0.15) is 30.9 Å². The van der Waals surface area contributed by atoms with Gasteiger partial charge in [0.05, 0.1) is 6.61 Å². The lowest BCUT2D eigenvalue weighted by molar-refractivity contribution is 0.240. The molecule has 0 saturated carbocycles. The van der Waals surface area contributed by atoms with Gasteiger partial charge in [0, 0.05) is 26.2 Å². The minimum Gasteiger partial charge on any atom is -0.395 e. The minimum atomic E-state index is -3.49. The predicted molar refractivity (Wildman–Crippen MR) is 83.0 cm³/mol. The highest BCUT2D eigenvalue weighted by Gasteiger charge is 2.31. The fraction of sp³-hybridized carbons (Fsp3) is 0.600. The first kappa shape index (κ1) is 16.4. The summed E-state index contributed by atoms with van der Waals surface area (Å²) in [7, 11) is -3.49. The molecule has 6 heteroatoms. The Balaban J connectivity index is 2.15. The Morgan fingerprint density at radius 3 is 2.62 bits per heavy atom. The van der Waals surface area contributed by atoms with Gasteiger partial charge in [0.25, 0.3) is 10.2 Å². The maximum atomic E-state index is 12.7. The zero-order valence-electron chi connectivity index (χ0n) is 12.5. The molecule has 0 radical (unpaired) electrons. The van der Waals surface area contributed by atoms with Crippen LogP contribution in [0.3, 0.4) is 0 Å². The van der Waals surface area contributed by atoms with Crippen LogP contribution in [-0.2, 0) is 23.2 Å². The van der Waals surface area contributed by atoms with E-state index in [2.05, 4.69) is 6.07 Å². The van der Waals surface area contributed by atoms with Gasteiger partial charge in [-0.15, -0.1) is 0 Å². The van der Waals surface area contributed by atoms with Crippen molar-refractivity contribution < 1.29 is 13.5 Å². The first-order valence-corrected chi connectivity index (χ1v) is 8.92. The maximum Gasteiger partial charge on any atom is 0.282 e. The monoisotopic (exact) mass is 312 g/mol. The summed E-state index contributed by atoms with van der Waals surface area (Å²) in [5.41, 5.74) is 2.30. The molecule has 0 fully saturated rings. The summed E-state index contributed by atoms with van der Waals surface area (Å²) in [5, 5.41) is 9.13. The second-order valence-electron chi connectivity index (χ2n) is 5.34. The van der Waals surface area contributed by atoms with Crippen LogP contribution in [0, 0.1) is 0 Å². The first-order valence-electron chi connectivity index (χ1n) is 7.52. The third-order valence-corrected chi connectivity index (χ3v) is 5.84. The van der Waals surface area contributed by atoms with Crippen LogP contribution in [0.2, 0.25) is 0 Å². The summed E-state index contributed by atoms with van der Waals surface area (Å²) in [5.74, 6) is 0. The van der Waals surface area contributed by atoms with E-state index in [1.54, 1.807) is 0 Å². The Bertz CT molecular complexity index is 560. The second kappa shape index (κ2) is 7.35. The smallest absolute Gasteiger partial charge is 0.282 e. The van der Waals surface area contributed by atoms with E-state index < -0.39 is 10.2 Å². The molecule has 5 nitrogen and oxygen atoms in total. The van der Waals surface area contributed by atoms with Crippen LogP contribution in [0.4, 0.5) is 0 Å². The average molecular weight is 312 g/mol. The lowest BCUT2D eigenvalue weighted by Crippen LogP contribution is -2.47. The normalized spacial score (nSPS) is 16.1. The van der Waals surface area contributed by atoms with E-state index in [1.165, 1.54) is 14.2 Å². The summed E-state index contributed by atoms with van der Waals surface area (Å²) in [6.07, 6.45) is 2.49. The molecule has 0 amide bonds. The van der Waals surface area contributed by atoms with E-state index in [0.717, 1.165) is 24.8 Å². The molecule has 0 bridgehead atoms. The van der Waals surface area contributed by atoms with Crippen LogP contribution in [0.5, 0.6) is 0 Å². The Morgan fingerprint density at radius 2 is 1.95 bits per heavy atom. The largest absolute Gasteiger partial charge is 0.395 e. The summed E-state index contributed by atoms with van der Waals surface area (Å²) in [4.78, 5) is 0. The number of rotatable bonds is 7. The van der Waals surface area contributed by atoms with Gasteiger partial charge < -0.3 is 5.11 Å². The van der Waals surface area contributed by atoms with Crippen molar-refractivity contribution in [2.24, 2.45) is 0 Å². The predicted octanol–water partition coefficient (Wildman–Crippen LogP) is 1.38. The van der Waals surface area contributed by atoms with E-state index >= 15 is 0 Å². The van der Waals surface area contributed by atoms with Gasteiger partial charge in [-0.25, -0.2) is 0 Å². The van der Waals surface area contributed by atoms with E-state index in [0.29, 0.717) is 19.6 Å². The summed E-state index contributed by atoms with van der Waals surface area (Å²) >= 11 is 0. The number of benzene rings is 1. The van der Waals surface area contributed by atoms with E-state index in [1.807, 2.05) is 25.1 Å². The van der Waals surface area contributed by atoms with Gasteiger partial charge in [-0.2, -0.15) is 17.0 Å². The molecular formula is C15H24N2O3S. The highest BCUT2D eigenvalue weighted by molar-refractivity contribution is 7.86. The molecule has 2 rings (SSSR count). The van der Waals surface area contributed by atoms with Gasteiger partial charge in [-0.05, 0) is 24.0 Å². The molecule has 0 aliphatic carbocycles. The van der Waals surface area contributed by atoms with Crippen LogP contribution in [-0.4, -0.2) is 48.4 Å². The first-order chi connectivity index (χ1) is 10.1. The molecule has 1 aromatic rings. The Hall–Kier alpha value is -0.950. The van der Waals surface area contributed by atoms with Crippen molar-refractivity contribution >= 4 is 10.2 Å². The molecule has 1 aliphatic rings. The number of aliphatic hydroxyl groups excluding tert-OH is 1. The van der Waals surface area contributed by atoms with Gasteiger partial charge >= 0.3 is 0 Å². The fourth-order valence-electron chi connectivity index (χ4n) is 2.62. The average Bonchev–Trinajstić information content (AvgIpc) is 2.50. The van der Waals surface area contributed by atoms with E-state index in [4.69, 9.17) is 5.11 Å². The number of hydrogen-bond acceptors (Lipinski definition) is 3. The third kappa shape index (κ3) is 3.83. The van der Waals surface area contributed by atoms with Crippen LogP contribution >= 0.6 is 0 Å². The molecular weight excluding hydrogens is 288 g/mol. The molecule has 1 aliphatic heterocycles. The zero-order valence-corrected chi connectivity index (χ0v) is 13.3. The van der Waals surface area contributed by atoms with Crippen molar-refractivity contribution in [3.8, 4) is 0 Å². The van der Waals surface area contributed by atoms with Crippen LogP contribution in [0.15, 0.2) is 24.3 Å². The Morgan fingerprint density at radius 1 is 1.24 bits per heavy atom. The molecule has 0 spiro atoms. The molecule has 1 heterocycles. The molecule has 21 heavy (non-hydrogen) atoms. The Labute approximate surface area is 127 Å². The maximum absolute atomic E-state index is 12.7. The third-order valence-electron chi connectivity index (χ3n) is 3.86. The van der Waals surface area contributed by atoms with Crippen molar-refractivity contribution in [3.05, 3.63) is 35.4 Å². The number of nitrogens with zero attached hydrogens (tertiary/aromatic N) is 2. The van der Waals surface area contributed by atoms with Gasteiger partial charge in [0.15, 0.2) is 0 Å². The highest BCUT2D eigenvalue weighted by Crippen LogP contribution is 2.22. The highest BCUT2D eigenvalue weighted by atomic mass is 32.2. The van der Waals surface area contributed by atoms with E-state index in [9.17, 15) is 8.42 Å². The molecule has 0 saturated heterocycles. The summed E-state index contributed by atoms with van der Waals surface area (Å²) in [6, 6.07) is 7.97. The van der Waals surface area contributed by atoms with Crippen LogP contribution < -0.4 is 0 Å². The van der Waals surface area contributed by atoms with Gasteiger partial charge in [0.2, 0.25) is 0 Å². The van der Waals surface area contributed by atoms with Gasteiger partial charge in [-0.1, -0.05) is 37.6 Å². The lowest BCUT2D eigenvalue weighted by atomic mass is 10.0. The number of hydrogen-bond donors (Lipinski definition) is 1. The number of aliphatic hydroxyl groups is 1. The SMILES string of the molecule is CCCCN(CCO)S(=O)(=O)N1CCc2ccccc2C1. The van der Waals surface area contributed by atoms with Gasteiger partial charge in [-0.3, -0.25) is 0 Å². The molecule has 0 atom stereocenters. The van der Waals surface area contributed by atoms with Gasteiger partial charge in [0.1, 0.15) is 0 Å². The van der Waals surface area contributed by atoms with Crippen molar-refractivity contribution in [1.29, 1.82) is 0 Å². The fourth-order valence-corrected chi connectivity index (χ4v) is 4.24. The quantitative estimate of drug-likeness (QED) is 0.827. The molecule has 118 valence electrons. The van der Waals surface area contributed by atoms with Crippen molar-refractivity contribution in [2.75, 3.05) is 26.2 Å². The van der Waals surface area contributed by atoms with E-state index in [-0.39, 0.29) is 13.2 Å². The lowest BCUT2D eigenvalue weighted by Gasteiger charge is -2.32. The molecule has 0 unspecified atom stereocenters. The van der Waals surface area contributed by atoms with Crippen molar-refractivity contribution in [2.45, 2.75) is 32.7 Å². The standard InChI is InChI=1S/C15H24N2O3S/c1-2-3-9-16(11-12-18)21(19,20)17-10-8-14-6-4-5-7-15(14)13-17/h4-7,18H,2-3,8-13H2,1H3. The zero-order chi connectivity index (χ0) is 15.3. The topological polar surface area (TPSA) is 60.9 Å². The minimum absolute atomic E-state index is 0.145. The number of fused-ring (bicyclic) bond motifs is 1. The second-order valence-corrected chi connectivity index (χ2v) is 7.26. The molecule has 0 aromatic heterocycles. The Kier molecular flexibility index (Phi) is 5.75. The molecule has 1 aromatic carbocycles.